The van der Waals surface area contributed by atoms with Crippen molar-refractivity contribution in [1.82, 2.24) is 19.8 Å². The van der Waals surface area contributed by atoms with Gasteiger partial charge in [-0.15, -0.1) is 15.3 Å². The first-order valence-electron chi connectivity index (χ1n) is 12.3. The van der Waals surface area contributed by atoms with Crippen molar-refractivity contribution < 1.29 is 17.9 Å². The minimum absolute atomic E-state index is 0.111. The van der Waals surface area contributed by atoms with Crippen molar-refractivity contribution in [3.63, 3.8) is 0 Å². The summed E-state index contributed by atoms with van der Waals surface area (Å²) in [5.41, 5.74) is 2.62. The fraction of sp³-hybridized carbons (Fsp3) is 0.0690. The molecular formula is C29H24N6O4S. The van der Waals surface area contributed by atoms with Crippen LogP contribution in [-0.2, 0) is 10.0 Å². The van der Waals surface area contributed by atoms with Crippen molar-refractivity contribution in [3.8, 4) is 22.9 Å². The molecule has 10 nitrogen and oxygen atoms in total. The zero-order valence-electron chi connectivity index (χ0n) is 21.6. The van der Waals surface area contributed by atoms with Crippen molar-refractivity contribution >= 4 is 43.6 Å². The summed E-state index contributed by atoms with van der Waals surface area (Å²) >= 11 is 0. The molecule has 6 aromatic rings. The van der Waals surface area contributed by atoms with Gasteiger partial charge in [-0.1, -0.05) is 30.3 Å². The molecule has 200 valence electrons. The lowest BCUT2D eigenvalue weighted by molar-refractivity contribution is 0.413. The van der Waals surface area contributed by atoms with Crippen LogP contribution in [0.2, 0.25) is 0 Å². The highest BCUT2D eigenvalue weighted by Gasteiger charge is 2.17. The molecule has 4 aromatic carbocycles. The minimum Gasteiger partial charge on any atom is -0.497 e. The number of rotatable bonds is 8. The number of nitrogens with one attached hydrogen (secondary N) is 2. The Kier molecular flexibility index (Phi) is 6.40. The summed E-state index contributed by atoms with van der Waals surface area (Å²) in [5, 5.41) is 18.8. The smallest absolute Gasteiger partial charge is 0.262 e. The Morgan fingerprint density at radius 2 is 1.43 bits per heavy atom. The van der Waals surface area contributed by atoms with E-state index in [9.17, 15) is 8.42 Å². The van der Waals surface area contributed by atoms with E-state index in [4.69, 9.17) is 14.6 Å². The maximum absolute atomic E-state index is 12.9. The molecule has 11 heteroatoms. The Morgan fingerprint density at radius 1 is 0.725 bits per heavy atom. The van der Waals surface area contributed by atoms with Crippen LogP contribution in [-0.4, -0.2) is 42.4 Å². The highest BCUT2D eigenvalue weighted by Crippen LogP contribution is 2.30. The first-order valence-corrected chi connectivity index (χ1v) is 13.8. The van der Waals surface area contributed by atoms with Gasteiger partial charge in [0.2, 0.25) is 0 Å². The number of methoxy groups -OCH3 is 2. The van der Waals surface area contributed by atoms with Gasteiger partial charge in [0, 0.05) is 33.8 Å². The molecule has 0 saturated carbocycles. The molecule has 0 atom stereocenters. The monoisotopic (exact) mass is 552 g/mol. The Labute approximate surface area is 230 Å². The predicted octanol–water partition coefficient (Wildman–Crippen LogP) is 5.51. The van der Waals surface area contributed by atoms with Gasteiger partial charge in [0.05, 0.1) is 19.1 Å². The summed E-state index contributed by atoms with van der Waals surface area (Å²) in [7, 11) is -0.677. The second-order valence-corrected chi connectivity index (χ2v) is 10.6. The summed E-state index contributed by atoms with van der Waals surface area (Å²) in [6.07, 6.45) is 0. The van der Waals surface area contributed by atoms with Gasteiger partial charge in [-0.3, -0.25) is 4.72 Å². The topological polar surface area (TPSA) is 120 Å². The van der Waals surface area contributed by atoms with Gasteiger partial charge in [0.15, 0.2) is 17.3 Å². The highest BCUT2D eigenvalue weighted by atomic mass is 32.2. The maximum Gasteiger partial charge on any atom is 0.262 e. The lowest BCUT2D eigenvalue weighted by atomic mass is 10.1. The molecular weight excluding hydrogens is 528 g/mol. The largest absolute Gasteiger partial charge is 0.497 e. The van der Waals surface area contributed by atoms with Gasteiger partial charge in [-0.2, -0.15) is 4.52 Å². The van der Waals surface area contributed by atoms with Gasteiger partial charge in [0.1, 0.15) is 11.5 Å². The van der Waals surface area contributed by atoms with E-state index in [1.807, 2.05) is 48.5 Å². The number of sulfonamides is 1. The molecule has 6 rings (SSSR count). The van der Waals surface area contributed by atoms with Crippen LogP contribution in [0.15, 0.2) is 102 Å². The lowest BCUT2D eigenvalue weighted by Gasteiger charge is -2.12. The SMILES string of the molecule is COc1ccc(-c2nnc3c4ccccc4c(Nc4ccc(NS(=O)(=O)c5cccc(OC)c5)cc4)nn23)cc1. The van der Waals surface area contributed by atoms with Crippen LogP contribution in [0.1, 0.15) is 0 Å². The van der Waals surface area contributed by atoms with Crippen LogP contribution in [0.3, 0.4) is 0 Å². The third-order valence-corrected chi connectivity index (χ3v) is 7.74. The molecule has 0 amide bonds. The summed E-state index contributed by atoms with van der Waals surface area (Å²) in [6.45, 7) is 0. The van der Waals surface area contributed by atoms with Crippen molar-refractivity contribution in [1.29, 1.82) is 0 Å². The molecule has 0 aliphatic carbocycles. The van der Waals surface area contributed by atoms with Crippen LogP contribution in [0, 0.1) is 0 Å². The van der Waals surface area contributed by atoms with E-state index in [1.165, 1.54) is 19.2 Å². The molecule has 0 radical (unpaired) electrons. The third-order valence-electron chi connectivity index (χ3n) is 6.36. The van der Waals surface area contributed by atoms with E-state index in [1.54, 1.807) is 48.0 Å². The molecule has 2 aromatic heterocycles. The zero-order valence-corrected chi connectivity index (χ0v) is 22.4. The fourth-order valence-corrected chi connectivity index (χ4v) is 5.43. The predicted molar refractivity (Wildman–Crippen MR) is 154 cm³/mol. The molecule has 0 saturated heterocycles. The number of benzene rings is 4. The Morgan fingerprint density at radius 3 is 2.15 bits per heavy atom. The molecule has 2 N–H and O–H groups in total. The number of aromatic nitrogens is 4. The second-order valence-electron chi connectivity index (χ2n) is 8.87. The Hall–Kier alpha value is -5.16. The van der Waals surface area contributed by atoms with E-state index in [-0.39, 0.29) is 4.90 Å². The number of hydrogen-bond acceptors (Lipinski definition) is 8. The molecule has 0 aliphatic rings. The molecule has 0 unspecified atom stereocenters. The van der Waals surface area contributed by atoms with Gasteiger partial charge in [-0.05, 0) is 60.7 Å². The van der Waals surface area contributed by atoms with E-state index >= 15 is 0 Å². The highest BCUT2D eigenvalue weighted by molar-refractivity contribution is 7.92. The van der Waals surface area contributed by atoms with E-state index in [0.717, 1.165) is 27.8 Å². The summed E-state index contributed by atoms with van der Waals surface area (Å²) in [4.78, 5) is 0.111. The fourth-order valence-electron chi connectivity index (χ4n) is 4.33. The second kappa shape index (κ2) is 10.2. The summed E-state index contributed by atoms with van der Waals surface area (Å²) in [5.74, 6) is 2.39. The van der Waals surface area contributed by atoms with Crippen molar-refractivity contribution in [2.24, 2.45) is 0 Å². The Bertz CT molecular complexity index is 1940. The molecule has 0 aliphatic heterocycles. The van der Waals surface area contributed by atoms with Crippen LogP contribution in [0.25, 0.3) is 27.8 Å². The molecule has 2 heterocycles. The van der Waals surface area contributed by atoms with Crippen LogP contribution in [0.4, 0.5) is 17.2 Å². The molecule has 40 heavy (non-hydrogen) atoms. The quantitative estimate of drug-likeness (QED) is 0.254. The number of nitrogens with zero attached hydrogens (tertiary/aromatic N) is 4. The third kappa shape index (κ3) is 4.74. The minimum atomic E-state index is -3.79. The maximum atomic E-state index is 12.9. The standard InChI is InChI=1S/C29H24N6O4S/c1-38-22-16-10-19(11-17-22)28-31-32-29-26-9-4-3-8-25(26)27(33-35(28)29)30-20-12-14-21(15-13-20)34-40(36,37)24-7-5-6-23(18-24)39-2/h3-18,34H,1-2H3,(H,30,33). The van der Waals surface area contributed by atoms with Gasteiger partial charge in [-0.25, -0.2) is 8.42 Å². The van der Waals surface area contributed by atoms with Gasteiger partial charge >= 0.3 is 0 Å². The molecule has 0 spiro atoms. The van der Waals surface area contributed by atoms with E-state index in [0.29, 0.717) is 28.7 Å². The van der Waals surface area contributed by atoms with Gasteiger partial charge in [0.25, 0.3) is 10.0 Å². The lowest BCUT2D eigenvalue weighted by Crippen LogP contribution is -2.13. The van der Waals surface area contributed by atoms with Crippen molar-refractivity contribution in [2.45, 2.75) is 4.90 Å². The van der Waals surface area contributed by atoms with E-state index < -0.39 is 10.0 Å². The van der Waals surface area contributed by atoms with Crippen LogP contribution in [0.5, 0.6) is 11.5 Å². The first kappa shape index (κ1) is 25.1. The summed E-state index contributed by atoms with van der Waals surface area (Å²) < 4.78 is 40.5. The average molecular weight is 553 g/mol. The van der Waals surface area contributed by atoms with E-state index in [2.05, 4.69) is 20.2 Å². The zero-order chi connectivity index (χ0) is 27.7. The van der Waals surface area contributed by atoms with Crippen LogP contribution >= 0.6 is 0 Å². The number of anilines is 3. The average Bonchev–Trinajstić information content (AvgIpc) is 3.42. The van der Waals surface area contributed by atoms with Crippen molar-refractivity contribution in [3.05, 3.63) is 97.1 Å². The first-order chi connectivity index (χ1) is 19.4. The summed E-state index contributed by atoms with van der Waals surface area (Å²) in [6, 6.07) is 28.6. The molecule has 0 bridgehead atoms. The Balaban J connectivity index is 1.32. The van der Waals surface area contributed by atoms with Crippen molar-refractivity contribution in [2.75, 3.05) is 24.3 Å². The normalized spacial score (nSPS) is 11.4. The molecule has 0 fully saturated rings. The van der Waals surface area contributed by atoms with Gasteiger partial charge < -0.3 is 14.8 Å². The number of ether oxygens (including phenoxy) is 2. The van der Waals surface area contributed by atoms with Crippen LogP contribution < -0.4 is 19.5 Å². The number of fused-ring (bicyclic) bond motifs is 3. The number of hydrogen-bond donors (Lipinski definition) is 2.